The van der Waals surface area contributed by atoms with E-state index in [0.717, 1.165) is 11.0 Å². The van der Waals surface area contributed by atoms with Crippen molar-refractivity contribution in [2.24, 2.45) is 0 Å². The zero-order chi connectivity index (χ0) is 26.4. The summed E-state index contributed by atoms with van der Waals surface area (Å²) in [5, 5.41) is 10.6. The SMILES string of the molecule is C#Cc1c(F)ccc2cc(O)cc(-c3oc(=O)c4c(N(CC)CC(F)(F)F)nc(OC)nc4c3C)c12. The smallest absolute Gasteiger partial charge is 0.405 e. The van der Waals surface area contributed by atoms with E-state index in [9.17, 15) is 27.5 Å². The van der Waals surface area contributed by atoms with Gasteiger partial charge in [0.2, 0.25) is 0 Å². The van der Waals surface area contributed by atoms with Crippen LogP contribution in [0.15, 0.2) is 33.5 Å². The molecule has 7 nitrogen and oxygen atoms in total. The first kappa shape index (κ1) is 24.8. The van der Waals surface area contributed by atoms with Crippen molar-refractivity contribution in [1.82, 2.24) is 9.97 Å². The molecule has 0 aliphatic heterocycles. The largest absolute Gasteiger partial charge is 0.508 e. The molecule has 0 saturated carbocycles. The number of rotatable bonds is 5. The van der Waals surface area contributed by atoms with Gasteiger partial charge in [0.1, 0.15) is 29.3 Å². The first-order chi connectivity index (χ1) is 17.0. The van der Waals surface area contributed by atoms with Gasteiger partial charge in [-0.1, -0.05) is 12.0 Å². The van der Waals surface area contributed by atoms with E-state index in [1.165, 1.54) is 39.2 Å². The van der Waals surface area contributed by atoms with Crippen LogP contribution < -0.4 is 15.3 Å². The summed E-state index contributed by atoms with van der Waals surface area (Å²) in [5.41, 5.74) is -0.852. The number of halogens is 4. The van der Waals surface area contributed by atoms with E-state index in [-0.39, 0.29) is 62.9 Å². The molecule has 0 atom stereocenters. The van der Waals surface area contributed by atoms with Crippen LogP contribution in [0.4, 0.5) is 23.4 Å². The highest BCUT2D eigenvalue weighted by molar-refractivity contribution is 6.03. The van der Waals surface area contributed by atoms with E-state index in [1.807, 2.05) is 0 Å². The minimum atomic E-state index is -4.58. The van der Waals surface area contributed by atoms with Gasteiger partial charge in [0.15, 0.2) is 5.82 Å². The molecular formula is C25H19F4N3O4. The van der Waals surface area contributed by atoms with Crippen molar-refractivity contribution in [3.63, 3.8) is 0 Å². The molecule has 36 heavy (non-hydrogen) atoms. The van der Waals surface area contributed by atoms with Crippen molar-refractivity contribution >= 4 is 27.5 Å². The van der Waals surface area contributed by atoms with Crippen LogP contribution in [0.1, 0.15) is 18.1 Å². The topological polar surface area (TPSA) is 88.7 Å². The molecule has 0 bridgehead atoms. The molecule has 0 amide bonds. The molecule has 2 aromatic heterocycles. The van der Waals surface area contributed by atoms with Crippen molar-refractivity contribution in [3.8, 4) is 35.4 Å². The highest BCUT2D eigenvalue weighted by atomic mass is 19.4. The third-order valence-corrected chi connectivity index (χ3v) is 5.64. The number of phenols is 1. The average molecular weight is 501 g/mol. The molecule has 2 aromatic carbocycles. The van der Waals surface area contributed by atoms with Crippen LogP contribution in [0.2, 0.25) is 0 Å². The number of benzene rings is 2. The number of aryl methyl sites for hydroxylation is 1. The molecule has 2 heterocycles. The summed E-state index contributed by atoms with van der Waals surface area (Å²) in [6, 6.07) is 4.90. The van der Waals surface area contributed by atoms with E-state index in [1.54, 1.807) is 0 Å². The van der Waals surface area contributed by atoms with Gasteiger partial charge in [-0.25, -0.2) is 9.18 Å². The lowest BCUT2D eigenvalue weighted by molar-refractivity contribution is -0.119. The number of phenolic OH excluding ortho intramolecular Hbond substituents is 1. The predicted octanol–water partition coefficient (Wildman–Crippen LogP) is 4.93. The normalized spacial score (nSPS) is 11.6. The molecule has 0 radical (unpaired) electrons. The van der Waals surface area contributed by atoms with Gasteiger partial charge in [-0.2, -0.15) is 23.1 Å². The molecule has 0 aliphatic rings. The average Bonchev–Trinajstić information content (AvgIpc) is 2.83. The van der Waals surface area contributed by atoms with E-state index >= 15 is 0 Å². The second-order valence-electron chi connectivity index (χ2n) is 7.89. The van der Waals surface area contributed by atoms with E-state index < -0.39 is 24.2 Å². The lowest BCUT2D eigenvalue weighted by Gasteiger charge is -2.24. The van der Waals surface area contributed by atoms with Crippen LogP contribution in [-0.4, -0.2) is 41.5 Å². The number of ether oxygens (including phenoxy) is 1. The predicted molar refractivity (Wildman–Crippen MR) is 126 cm³/mol. The number of hydrogen-bond acceptors (Lipinski definition) is 7. The first-order valence-corrected chi connectivity index (χ1v) is 10.6. The number of aromatic nitrogens is 2. The summed E-state index contributed by atoms with van der Waals surface area (Å²) in [7, 11) is 1.23. The van der Waals surface area contributed by atoms with Crippen LogP contribution in [0.3, 0.4) is 0 Å². The highest BCUT2D eigenvalue weighted by Crippen LogP contribution is 2.39. The molecule has 0 spiro atoms. The zero-order valence-electron chi connectivity index (χ0n) is 19.3. The van der Waals surface area contributed by atoms with Crippen LogP contribution in [-0.2, 0) is 0 Å². The number of anilines is 1. The third kappa shape index (κ3) is 4.26. The lowest BCUT2D eigenvalue weighted by Crippen LogP contribution is -2.35. The minimum absolute atomic E-state index is 0.0288. The Morgan fingerprint density at radius 1 is 1.22 bits per heavy atom. The van der Waals surface area contributed by atoms with Gasteiger partial charge in [-0.3, -0.25) is 0 Å². The van der Waals surface area contributed by atoms with Crippen LogP contribution in [0.25, 0.3) is 33.0 Å². The van der Waals surface area contributed by atoms with Crippen LogP contribution in [0.5, 0.6) is 11.8 Å². The Hall–Kier alpha value is -4.33. The quantitative estimate of drug-likeness (QED) is 0.306. The van der Waals surface area contributed by atoms with Gasteiger partial charge in [0, 0.05) is 23.1 Å². The third-order valence-electron chi connectivity index (χ3n) is 5.64. The molecule has 0 aliphatic carbocycles. The molecule has 4 rings (SSSR count). The Labute approximate surface area is 202 Å². The summed E-state index contributed by atoms with van der Waals surface area (Å²) in [6.45, 7) is 1.49. The Balaban J connectivity index is 2.12. The van der Waals surface area contributed by atoms with Gasteiger partial charge in [-0.15, -0.1) is 6.42 Å². The maximum Gasteiger partial charge on any atom is 0.405 e. The Kier molecular flexibility index (Phi) is 6.22. The molecule has 186 valence electrons. The lowest BCUT2D eigenvalue weighted by atomic mass is 9.95. The maximum absolute atomic E-state index is 14.5. The van der Waals surface area contributed by atoms with Gasteiger partial charge in [0.25, 0.3) is 0 Å². The number of alkyl halides is 3. The summed E-state index contributed by atoms with van der Waals surface area (Å²) < 4.78 is 64.9. The number of methoxy groups -OCH3 is 1. The number of fused-ring (bicyclic) bond motifs is 2. The number of nitrogens with zero attached hydrogens (tertiary/aromatic N) is 3. The number of aromatic hydroxyl groups is 1. The maximum atomic E-state index is 14.5. The van der Waals surface area contributed by atoms with E-state index in [0.29, 0.717) is 5.39 Å². The molecule has 1 N–H and O–H groups in total. The molecule has 11 heteroatoms. The molecule has 0 unspecified atom stereocenters. The first-order valence-electron chi connectivity index (χ1n) is 10.6. The summed E-state index contributed by atoms with van der Waals surface area (Å²) in [5.74, 6) is 0.960. The second-order valence-corrected chi connectivity index (χ2v) is 7.89. The monoisotopic (exact) mass is 501 g/mol. The highest BCUT2D eigenvalue weighted by Gasteiger charge is 2.33. The molecule has 0 saturated heterocycles. The Bertz CT molecular complexity index is 1610. The minimum Gasteiger partial charge on any atom is -0.508 e. The zero-order valence-corrected chi connectivity index (χ0v) is 19.3. The van der Waals surface area contributed by atoms with Crippen molar-refractivity contribution in [2.45, 2.75) is 20.0 Å². The van der Waals surface area contributed by atoms with Crippen molar-refractivity contribution < 1.29 is 31.8 Å². The fourth-order valence-electron chi connectivity index (χ4n) is 4.09. The van der Waals surface area contributed by atoms with Crippen molar-refractivity contribution in [1.29, 1.82) is 0 Å². The van der Waals surface area contributed by atoms with Crippen molar-refractivity contribution in [2.75, 3.05) is 25.1 Å². The Morgan fingerprint density at radius 2 is 1.94 bits per heavy atom. The van der Waals surface area contributed by atoms with Gasteiger partial charge in [-0.05, 0) is 37.4 Å². The number of hydrogen-bond donors (Lipinski definition) is 1. The van der Waals surface area contributed by atoms with Gasteiger partial charge >= 0.3 is 17.8 Å². The number of terminal acetylenes is 1. The van der Waals surface area contributed by atoms with E-state index in [2.05, 4.69) is 15.9 Å². The second kappa shape index (κ2) is 9.03. The molecule has 4 aromatic rings. The summed E-state index contributed by atoms with van der Waals surface area (Å²) in [6.07, 6.45) is 0.960. The fourth-order valence-corrected chi connectivity index (χ4v) is 4.09. The molecular weight excluding hydrogens is 482 g/mol. The van der Waals surface area contributed by atoms with Crippen LogP contribution >= 0.6 is 0 Å². The van der Waals surface area contributed by atoms with Crippen LogP contribution in [0, 0.1) is 25.1 Å². The summed E-state index contributed by atoms with van der Waals surface area (Å²) in [4.78, 5) is 22.3. The molecule has 0 fully saturated rings. The Morgan fingerprint density at radius 3 is 2.56 bits per heavy atom. The van der Waals surface area contributed by atoms with Gasteiger partial charge < -0.3 is 19.2 Å². The summed E-state index contributed by atoms with van der Waals surface area (Å²) >= 11 is 0. The van der Waals surface area contributed by atoms with Crippen molar-refractivity contribution in [3.05, 3.63) is 51.6 Å². The standard InChI is InChI=1S/C25H19F4N3O4/c1-5-15-17(26)8-7-13-9-14(33)10-16(18(13)15)21-12(3)20-19(23(34)36-21)22(31-24(30-20)35-4)32(6-2)11-25(27,28)29/h1,7-10,33H,6,11H2,2-4H3. The van der Waals surface area contributed by atoms with Gasteiger partial charge in [0.05, 0.1) is 18.2 Å². The van der Waals surface area contributed by atoms with E-state index in [4.69, 9.17) is 15.6 Å². The fraction of sp³-hybridized carbons (Fsp3) is 0.240.